The summed E-state index contributed by atoms with van der Waals surface area (Å²) in [6.07, 6.45) is 0. The van der Waals surface area contributed by atoms with Crippen molar-refractivity contribution < 1.29 is 4.74 Å². The predicted molar refractivity (Wildman–Crippen MR) is 84.4 cm³/mol. The Bertz CT molecular complexity index is 526. The first-order chi connectivity index (χ1) is 9.19. The van der Waals surface area contributed by atoms with Crippen molar-refractivity contribution in [2.75, 3.05) is 7.11 Å². The van der Waals surface area contributed by atoms with Gasteiger partial charge < -0.3 is 10.1 Å². The van der Waals surface area contributed by atoms with Crippen LogP contribution < -0.4 is 5.32 Å². The quantitative estimate of drug-likeness (QED) is 0.836. The Balaban J connectivity index is 1.93. The van der Waals surface area contributed by atoms with Gasteiger partial charge in [0.05, 0.1) is 10.4 Å². The van der Waals surface area contributed by atoms with Crippen LogP contribution in [0.1, 0.15) is 29.0 Å². The molecule has 102 valence electrons. The van der Waals surface area contributed by atoms with Crippen LogP contribution in [0, 0.1) is 0 Å². The largest absolute Gasteiger partial charge is 0.380 e. The minimum atomic E-state index is 0.363. The van der Waals surface area contributed by atoms with Gasteiger partial charge in [-0.1, -0.05) is 24.3 Å². The Morgan fingerprint density at radius 2 is 2.05 bits per heavy atom. The summed E-state index contributed by atoms with van der Waals surface area (Å²) in [6, 6.07) is 13.1. The van der Waals surface area contributed by atoms with Crippen LogP contribution >= 0.6 is 27.3 Å². The first kappa shape index (κ1) is 14.7. The highest BCUT2D eigenvalue weighted by Crippen LogP contribution is 2.27. The minimum absolute atomic E-state index is 0.363. The average molecular weight is 340 g/mol. The van der Waals surface area contributed by atoms with Crippen LogP contribution in [-0.2, 0) is 17.9 Å². The fourth-order valence-corrected chi connectivity index (χ4v) is 3.38. The first-order valence-corrected chi connectivity index (χ1v) is 7.85. The van der Waals surface area contributed by atoms with E-state index < -0.39 is 0 Å². The van der Waals surface area contributed by atoms with Gasteiger partial charge in [-0.3, -0.25) is 0 Å². The summed E-state index contributed by atoms with van der Waals surface area (Å²) in [5.74, 6) is 0. The smallest absolute Gasteiger partial charge is 0.0713 e. The summed E-state index contributed by atoms with van der Waals surface area (Å²) < 4.78 is 6.34. The fourth-order valence-electron chi connectivity index (χ4n) is 1.93. The molecule has 2 nitrogen and oxygen atoms in total. The van der Waals surface area contributed by atoms with Crippen molar-refractivity contribution in [1.29, 1.82) is 0 Å². The van der Waals surface area contributed by atoms with Crippen molar-refractivity contribution >= 4 is 27.3 Å². The zero-order valence-electron chi connectivity index (χ0n) is 11.2. The second-order valence-electron chi connectivity index (χ2n) is 4.50. The molecule has 0 aliphatic heterocycles. The minimum Gasteiger partial charge on any atom is -0.380 e. The lowest BCUT2D eigenvalue weighted by Gasteiger charge is -2.12. The number of methoxy groups -OCH3 is 1. The first-order valence-electron chi connectivity index (χ1n) is 6.24. The molecule has 1 N–H and O–H groups in total. The molecule has 0 fully saturated rings. The second kappa shape index (κ2) is 7.20. The Hall–Kier alpha value is -0.680. The monoisotopic (exact) mass is 339 g/mol. The molecule has 2 rings (SSSR count). The zero-order valence-corrected chi connectivity index (χ0v) is 13.6. The number of halogens is 1. The predicted octanol–water partition coefficient (Wildman–Crippen LogP) is 4.51. The van der Waals surface area contributed by atoms with E-state index in [4.69, 9.17) is 4.74 Å². The second-order valence-corrected chi connectivity index (χ2v) is 6.99. The van der Waals surface area contributed by atoms with Gasteiger partial charge in [-0.25, -0.2) is 0 Å². The van der Waals surface area contributed by atoms with E-state index in [2.05, 4.69) is 64.6 Å². The van der Waals surface area contributed by atoms with Crippen molar-refractivity contribution in [3.8, 4) is 0 Å². The van der Waals surface area contributed by atoms with Gasteiger partial charge in [-0.15, -0.1) is 11.3 Å². The van der Waals surface area contributed by atoms with Crippen LogP contribution in [0.25, 0.3) is 0 Å². The maximum Gasteiger partial charge on any atom is 0.0713 e. The average Bonchev–Trinajstić information content (AvgIpc) is 2.84. The SMILES string of the molecule is COCc1cccc(CNC(C)c2ccc(Br)s2)c1. The number of hydrogen-bond acceptors (Lipinski definition) is 3. The van der Waals surface area contributed by atoms with E-state index in [-0.39, 0.29) is 0 Å². The van der Waals surface area contributed by atoms with Crippen LogP contribution in [0.3, 0.4) is 0 Å². The number of hydrogen-bond donors (Lipinski definition) is 1. The van der Waals surface area contributed by atoms with Gasteiger partial charge in [0.25, 0.3) is 0 Å². The Kier molecular flexibility index (Phi) is 5.58. The normalized spacial score (nSPS) is 12.6. The third-order valence-electron chi connectivity index (χ3n) is 2.94. The van der Waals surface area contributed by atoms with Crippen LogP contribution in [0.15, 0.2) is 40.2 Å². The van der Waals surface area contributed by atoms with Crippen LogP contribution in [-0.4, -0.2) is 7.11 Å². The standard InChI is InChI=1S/C15H18BrNOS/c1-11(14-6-7-15(16)19-14)17-9-12-4-3-5-13(8-12)10-18-2/h3-8,11,17H,9-10H2,1-2H3. The van der Waals surface area contributed by atoms with Crippen molar-refractivity contribution in [3.63, 3.8) is 0 Å². The van der Waals surface area contributed by atoms with Gasteiger partial charge in [0, 0.05) is 24.6 Å². The van der Waals surface area contributed by atoms with Gasteiger partial charge in [-0.2, -0.15) is 0 Å². The molecule has 1 aromatic carbocycles. The molecule has 19 heavy (non-hydrogen) atoms. The molecular formula is C15H18BrNOS. The molecule has 0 spiro atoms. The Morgan fingerprint density at radius 3 is 2.74 bits per heavy atom. The summed E-state index contributed by atoms with van der Waals surface area (Å²) in [6.45, 7) is 3.73. The van der Waals surface area contributed by atoms with Crippen LogP contribution in [0.5, 0.6) is 0 Å². The Labute approximate surface area is 126 Å². The molecule has 1 atom stereocenters. The summed E-state index contributed by atoms with van der Waals surface area (Å²) >= 11 is 5.28. The number of thiophene rings is 1. The van der Waals surface area contributed by atoms with E-state index in [0.29, 0.717) is 12.6 Å². The van der Waals surface area contributed by atoms with E-state index in [1.165, 1.54) is 19.8 Å². The number of nitrogens with one attached hydrogen (secondary N) is 1. The maximum atomic E-state index is 5.16. The molecule has 1 unspecified atom stereocenters. The third kappa shape index (κ3) is 4.42. The molecule has 4 heteroatoms. The van der Waals surface area contributed by atoms with Crippen LogP contribution in [0.4, 0.5) is 0 Å². The van der Waals surface area contributed by atoms with E-state index in [1.807, 2.05) is 0 Å². The summed E-state index contributed by atoms with van der Waals surface area (Å²) in [5.41, 5.74) is 2.50. The molecule has 0 amide bonds. The maximum absolute atomic E-state index is 5.16. The Morgan fingerprint density at radius 1 is 1.26 bits per heavy atom. The zero-order chi connectivity index (χ0) is 13.7. The molecule has 0 aliphatic rings. The van der Waals surface area contributed by atoms with Gasteiger partial charge in [-0.05, 0) is 46.1 Å². The topological polar surface area (TPSA) is 21.3 Å². The molecule has 1 aromatic heterocycles. The van der Waals surface area contributed by atoms with Gasteiger partial charge in [0.1, 0.15) is 0 Å². The number of ether oxygens (including phenoxy) is 1. The fraction of sp³-hybridized carbons (Fsp3) is 0.333. The van der Waals surface area contributed by atoms with Gasteiger partial charge >= 0.3 is 0 Å². The van der Waals surface area contributed by atoms with Crippen LogP contribution in [0.2, 0.25) is 0 Å². The molecule has 0 saturated heterocycles. The highest BCUT2D eigenvalue weighted by molar-refractivity contribution is 9.11. The van der Waals surface area contributed by atoms with E-state index in [9.17, 15) is 0 Å². The summed E-state index contributed by atoms with van der Waals surface area (Å²) in [5, 5.41) is 3.55. The molecule has 0 bridgehead atoms. The van der Waals surface area contributed by atoms with E-state index >= 15 is 0 Å². The van der Waals surface area contributed by atoms with E-state index in [0.717, 1.165) is 6.54 Å². The molecule has 2 aromatic rings. The lowest BCUT2D eigenvalue weighted by Crippen LogP contribution is -2.17. The molecule has 0 radical (unpaired) electrons. The molecule has 0 saturated carbocycles. The van der Waals surface area contributed by atoms with Crippen molar-refractivity contribution in [2.24, 2.45) is 0 Å². The summed E-state index contributed by atoms with van der Waals surface area (Å²) in [4.78, 5) is 1.35. The van der Waals surface area contributed by atoms with Gasteiger partial charge in [0.15, 0.2) is 0 Å². The summed E-state index contributed by atoms with van der Waals surface area (Å²) in [7, 11) is 1.72. The molecular weight excluding hydrogens is 322 g/mol. The lowest BCUT2D eigenvalue weighted by molar-refractivity contribution is 0.185. The lowest BCUT2D eigenvalue weighted by atomic mass is 10.1. The number of rotatable bonds is 6. The highest BCUT2D eigenvalue weighted by atomic mass is 79.9. The van der Waals surface area contributed by atoms with E-state index in [1.54, 1.807) is 18.4 Å². The van der Waals surface area contributed by atoms with Crippen molar-refractivity contribution in [3.05, 3.63) is 56.2 Å². The number of benzene rings is 1. The molecule has 1 heterocycles. The van der Waals surface area contributed by atoms with Crippen molar-refractivity contribution in [2.45, 2.75) is 26.1 Å². The molecule has 0 aliphatic carbocycles. The van der Waals surface area contributed by atoms with Gasteiger partial charge in [0.2, 0.25) is 0 Å². The third-order valence-corrected chi connectivity index (χ3v) is 4.74. The highest BCUT2D eigenvalue weighted by Gasteiger charge is 2.07. The van der Waals surface area contributed by atoms with Crippen molar-refractivity contribution in [1.82, 2.24) is 5.32 Å².